The average molecular weight is 298 g/mol. The lowest BCUT2D eigenvalue weighted by Crippen LogP contribution is -2.46. The zero-order valence-electron chi connectivity index (χ0n) is 10.2. The van der Waals surface area contributed by atoms with Crippen molar-refractivity contribution in [2.75, 3.05) is 26.2 Å². The van der Waals surface area contributed by atoms with Gasteiger partial charge in [-0.3, -0.25) is 4.79 Å². The van der Waals surface area contributed by atoms with Crippen molar-refractivity contribution >= 4 is 40.0 Å². The highest BCUT2D eigenvalue weighted by atomic mass is 35.5. The third kappa shape index (κ3) is 2.43. The van der Waals surface area contributed by atoms with Gasteiger partial charge < -0.3 is 15.2 Å². The van der Waals surface area contributed by atoms with Crippen molar-refractivity contribution in [1.29, 1.82) is 0 Å². The number of nitrogens with one attached hydrogen (secondary N) is 2. The molecule has 0 spiro atoms. The maximum Gasteiger partial charge on any atom is 0.270 e. The van der Waals surface area contributed by atoms with Gasteiger partial charge in [0.15, 0.2) is 0 Å². The summed E-state index contributed by atoms with van der Waals surface area (Å²) in [5.74, 6) is 0.00453. The Morgan fingerprint density at radius 1 is 1.16 bits per heavy atom. The molecule has 4 nitrogen and oxygen atoms in total. The van der Waals surface area contributed by atoms with Gasteiger partial charge in [-0.15, -0.1) is 0 Å². The highest BCUT2D eigenvalue weighted by molar-refractivity contribution is 6.38. The first-order valence-electron chi connectivity index (χ1n) is 6.13. The lowest BCUT2D eigenvalue weighted by molar-refractivity contribution is 0.0731. The minimum atomic E-state index is 0.00453. The molecular weight excluding hydrogens is 285 g/mol. The largest absolute Gasteiger partial charge is 0.349 e. The quantitative estimate of drug-likeness (QED) is 0.850. The number of carbonyl (C=O) groups excluding carboxylic acids is 1. The number of halogens is 2. The zero-order valence-corrected chi connectivity index (χ0v) is 11.7. The van der Waals surface area contributed by atoms with E-state index in [4.69, 9.17) is 23.2 Å². The van der Waals surface area contributed by atoms with E-state index in [1.807, 2.05) is 4.90 Å². The van der Waals surface area contributed by atoms with Crippen LogP contribution in [0.25, 0.3) is 10.9 Å². The Morgan fingerprint density at radius 2 is 1.89 bits per heavy atom. The van der Waals surface area contributed by atoms with Crippen LogP contribution in [0, 0.1) is 0 Å². The molecule has 0 saturated carbocycles. The number of aromatic amines is 1. The summed E-state index contributed by atoms with van der Waals surface area (Å²) < 4.78 is 0. The molecule has 19 heavy (non-hydrogen) atoms. The van der Waals surface area contributed by atoms with E-state index < -0.39 is 0 Å². The molecule has 1 aliphatic heterocycles. The van der Waals surface area contributed by atoms with Gasteiger partial charge in [-0.2, -0.15) is 0 Å². The third-order valence-corrected chi connectivity index (χ3v) is 3.80. The molecule has 6 heteroatoms. The number of fused-ring (bicyclic) bond motifs is 1. The standard InChI is InChI=1S/C13H13Cl2N3O/c14-9-5-8-6-11(17-12(8)10(15)7-9)13(19)18-3-1-16-2-4-18/h5-7,16-17H,1-4H2. The second-order valence-corrected chi connectivity index (χ2v) is 5.42. The number of carbonyl (C=O) groups is 1. The average Bonchev–Trinajstić information content (AvgIpc) is 2.83. The second-order valence-electron chi connectivity index (χ2n) is 4.58. The van der Waals surface area contributed by atoms with E-state index in [-0.39, 0.29) is 5.91 Å². The van der Waals surface area contributed by atoms with Crippen LogP contribution in [-0.2, 0) is 0 Å². The van der Waals surface area contributed by atoms with Crippen LogP contribution in [-0.4, -0.2) is 42.0 Å². The van der Waals surface area contributed by atoms with Gasteiger partial charge in [-0.1, -0.05) is 23.2 Å². The summed E-state index contributed by atoms with van der Waals surface area (Å²) in [5, 5.41) is 5.18. The Balaban J connectivity index is 1.96. The summed E-state index contributed by atoms with van der Waals surface area (Å²) in [6, 6.07) is 5.27. The number of rotatable bonds is 1. The molecule has 2 heterocycles. The summed E-state index contributed by atoms with van der Waals surface area (Å²) in [6.45, 7) is 3.11. The van der Waals surface area contributed by atoms with E-state index in [2.05, 4.69) is 10.3 Å². The number of aromatic nitrogens is 1. The van der Waals surface area contributed by atoms with Crippen molar-refractivity contribution in [3.05, 3.63) is 33.9 Å². The fourth-order valence-electron chi connectivity index (χ4n) is 2.32. The first kappa shape index (κ1) is 12.8. The van der Waals surface area contributed by atoms with Crippen LogP contribution in [0.1, 0.15) is 10.5 Å². The summed E-state index contributed by atoms with van der Waals surface area (Å²) in [7, 11) is 0. The van der Waals surface area contributed by atoms with Gasteiger partial charge >= 0.3 is 0 Å². The lowest BCUT2D eigenvalue weighted by Gasteiger charge is -2.26. The second kappa shape index (κ2) is 5.04. The van der Waals surface area contributed by atoms with Crippen molar-refractivity contribution in [3.8, 4) is 0 Å². The Labute approximate surface area is 120 Å². The Morgan fingerprint density at radius 3 is 2.63 bits per heavy atom. The molecule has 0 bridgehead atoms. The van der Waals surface area contributed by atoms with Crippen LogP contribution in [0.15, 0.2) is 18.2 Å². The number of nitrogens with zero attached hydrogens (tertiary/aromatic N) is 1. The summed E-state index contributed by atoms with van der Waals surface area (Å²) in [6.07, 6.45) is 0. The maximum atomic E-state index is 12.4. The van der Waals surface area contributed by atoms with Gasteiger partial charge in [0, 0.05) is 36.6 Å². The van der Waals surface area contributed by atoms with Gasteiger partial charge in [0.25, 0.3) is 5.91 Å². The van der Waals surface area contributed by atoms with Gasteiger partial charge in [0.1, 0.15) is 5.69 Å². The van der Waals surface area contributed by atoms with E-state index in [9.17, 15) is 4.79 Å². The molecule has 2 N–H and O–H groups in total. The molecule has 1 amide bonds. The number of hydrogen-bond acceptors (Lipinski definition) is 2. The molecule has 1 aliphatic rings. The van der Waals surface area contributed by atoms with E-state index in [1.54, 1.807) is 18.2 Å². The molecule has 1 fully saturated rings. The summed E-state index contributed by atoms with van der Waals surface area (Å²) in [5.41, 5.74) is 1.31. The Hall–Kier alpha value is -1.23. The molecule has 3 rings (SSSR count). The zero-order chi connectivity index (χ0) is 13.4. The predicted molar refractivity (Wildman–Crippen MR) is 77.1 cm³/mol. The number of hydrogen-bond donors (Lipinski definition) is 2. The van der Waals surface area contributed by atoms with Crippen LogP contribution >= 0.6 is 23.2 Å². The molecule has 1 saturated heterocycles. The van der Waals surface area contributed by atoms with Crippen molar-refractivity contribution in [2.24, 2.45) is 0 Å². The first-order valence-corrected chi connectivity index (χ1v) is 6.88. The van der Waals surface area contributed by atoms with Crippen molar-refractivity contribution in [2.45, 2.75) is 0 Å². The summed E-state index contributed by atoms with van der Waals surface area (Å²) in [4.78, 5) is 17.3. The molecule has 1 aromatic carbocycles. The SMILES string of the molecule is O=C(c1cc2cc(Cl)cc(Cl)c2[nH]1)N1CCNCC1. The van der Waals surface area contributed by atoms with Gasteiger partial charge in [0.2, 0.25) is 0 Å². The highest BCUT2D eigenvalue weighted by Gasteiger charge is 2.20. The van der Waals surface area contributed by atoms with Crippen molar-refractivity contribution < 1.29 is 4.79 Å². The molecular formula is C13H13Cl2N3O. The fourth-order valence-corrected chi connectivity index (χ4v) is 2.88. The van der Waals surface area contributed by atoms with E-state index in [0.717, 1.165) is 37.1 Å². The minimum Gasteiger partial charge on any atom is -0.349 e. The fraction of sp³-hybridized carbons (Fsp3) is 0.308. The normalized spacial score (nSPS) is 16.0. The van der Waals surface area contributed by atoms with E-state index in [0.29, 0.717) is 15.7 Å². The number of benzene rings is 1. The van der Waals surface area contributed by atoms with Crippen LogP contribution in [0.2, 0.25) is 10.0 Å². The lowest BCUT2D eigenvalue weighted by atomic mass is 10.2. The first-order chi connectivity index (χ1) is 9.15. The molecule has 2 aromatic rings. The maximum absolute atomic E-state index is 12.4. The van der Waals surface area contributed by atoms with Crippen molar-refractivity contribution in [1.82, 2.24) is 15.2 Å². The van der Waals surface area contributed by atoms with Crippen molar-refractivity contribution in [3.63, 3.8) is 0 Å². The molecule has 0 radical (unpaired) electrons. The molecule has 1 aromatic heterocycles. The number of H-pyrrole nitrogens is 1. The van der Waals surface area contributed by atoms with E-state index in [1.165, 1.54) is 0 Å². The van der Waals surface area contributed by atoms with Gasteiger partial charge in [0.05, 0.1) is 10.5 Å². The summed E-state index contributed by atoms with van der Waals surface area (Å²) >= 11 is 12.1. The van der Waals surface area contributed by atoms with Crippen LogP contribution in [0.3, 0.4) is 0 Å². The Kier molecular flexibility index (Phi) is 3.39. The molecule has 0 unspecified atom stereocenters. The topological polar surface area (TPSA) is 48.1 Å². The van der Waals surface area contributed by atoms with Crippen LogP contribution in [0.4, 0.5) is 0 Å². The third-order valence-electron chi connectivity index (χ3n) is 3.28. The van der Waals surface area contributed by atoms with Crippen LogP contribution in [0.5, 0.6) is 0 Å². The molecule has 0 aliphatic carbocycles. The monoisotopic (exact) mass is 297 g/mol. The highest BCUT2D eigenvalue weighted by Crippen LogP contribution is 2.28. The Bertz CT molecular complexity index is 632. The van der Waals surface area contributed by atoms with Crippen LogP contribution < -0.4 is 5.32 Å². The molecule has 100 valence electrons. The predicted octanol–water partition coefficient (Wildman–Crippen LogP) is 2.52. The van der Waals surface area contributed by atoms with E-state index >= 15 is 0 Å². The smallest absolute Gasteiger partial charge is 0.270 e. The number of piperazine rings is 1. The molecule has 0 atom stereocenters. The number of amides is 1. The minimum absolute atomic E-state index is 0.00453. The van der Waals surface area contributed by atoms with Gasteiger partial charge in [-0.05, 0) is 18.2 Å². The van der Waals surface area contributed by atoms with Gasteiger partial charge in [-0.25, -0.2) is 0 Å².